The van der Waals surface area contributed by atoms with Gasteiger partial charge in [-0.1, -0.05) is 6.07 Å². The molecule has 2 aromatic heterocycles. The topological polar surface area (TPSA) is 101 Å². The molecule has 27 heavy (non-hydrogen) atoms. The molecule has 0 spiro atoms. The molecule has 3 rings (SSSR count). The van der Waals surface area contributed by atoms with Crippen molar-refractivity contribution in [3.63, 3.8) is 0 Å². The maximum atomic E-state index is 13.9. The van der Waals surface area contributed by atoms with Crippen molar-refractivity contribution in [2.45, 2.75) is 13.5 Å². The fourth-order valence-corrected chi connectivity index (χ4v) is 2.41. The molecule has 8 nitrogen and oxygen atoms in total. The fraction of sp³-hybridized carbons (Fsp3) is 0.111. The Kier molecular flexibility index (Phi) is 5.41. The molecule has 3 aromatic rings. The highest BCUT2D eigenvalue weighted by molar-refractivity contribution is 5.92. The number of pyridine rings is 1. The lowest BCUT2D eigenvalue weighted by atomic mass is 10.2. The standard InChI is InChI=1S/C18H17FN6O2/c1-12(26)23-14-5-6-15(19)16(10-14)24-18(27)21-11-13-4-2-7-20-17(13)25-9-3-8-22-25/h2-10H,11H2,1H3,(H,23,26)(H2,21,24,27). The minimum absolute atomic E-state index is 0.0442. The van der Waals surface area contributed by atoms with E-state index in [1.807, 2.05) is 6.07 Å². The molecule has 0 aliphatic carbocycles. The third kappa shape index (κ3) is 4.66. The zero-order valence-electron chi connectivity index (χ0n) is 14.4. The summed E-state index contributed by atoms with van der Waals surface area (Å²) < 4.78 is 15.5. The molecule has 138 valence electrons. The maximum absolute atomic E-state index is 13.9. The van der Waals surface area contributed by atoms with Crippen molar-refractivity contribution in [1.82, 2.24) is 20.1 Å². The van der Waals surface area contributed by atoms with Crippen molar-refractivity contribution in [2.75, 3.05) is 10.6 Å². The molecule has 0 aliphatic rings. The number of aromatic nitrogens is 3. The lowest BCUT2D eigenvalue weighted by Crippen LogP contribution is -2.29. The van der Waals surface area contributed by atoms with E-state index in [0.717, 1.165) is 11.6 Å². The molecule has 0 aliphatic heterocycles. The van der Waals surface area contributed by atoms with Crippen LogP contribution in [0.5, 0.6) is 0 Å². The van der Waals surface area contributed by atoms with Gasteiger partial charge in [-0.15, -0.1) is 0 Å². The highest BCUT2D eigenvalue weighted by Gasteiger charge is 2.11. The normalized spacial score (nSPS) is 10.3. The van der Waals surface area contributed by atoms with Gasteiger partial charge in [-0.3, -0.25) is 4.79 Å². The minimum Gasteiger partial charge on any atom is -0.334 e. The van der Waals surface area contributed by atoms with Crippen LogP contribution in [0.3, 0.4) is 0 Å². The Labute approximate surface area is 154 Å². The number of benzene rings is 1. The Bertz CT molecular complexity index is 958. The van der Waals surface area contributed by atoms with Crippen molar-refractivity contribution in [1.29, 1.82) is 0 Å². The monoisotopic (exact) mass is 368 g/mol. The molecule has 9 heteroatoms. The molecule has 3 N–H and O–H groups in total. The second-order valence-electron chi connectivity index (χ2n) is 5.62. The number of hydrogen-bond donors (Lipinski definition) is 3. The van der Waals surface area contributed by atoms with Crippen molar-refractivity contribution < 1.29 is 14.0 Å². The van der Waals surface area contributed by atoms with E-state index in [4.69, 9.17) is 0 Å². The first kappa shape index (κ1) is 18.1. The third-order valence-electron chi connectivity index (χ3n) is 3.56. The number of hydrogen-bond acceptors (Lipinski definition) is 4. The summed E-state index contributed by atoms with van der Waals surface area (Å²) in [4.78, 5) is 27.5. The van der Waals surface area contributed by atoms with Crippen molar-refractivity contribution in [3.8, 4) is 5.82 Å². The van der Waals surface area contributed by atoms with Crippen LogP contribution < -0.4 is 16.0 Å². The largest absolute Gasteiger partial charge is 0.334 e. The Morgan fingerprint density at radius 1 is 1.15 bits per heavy atom. The van der Waals surface area contributed by atoms with Crippen LogP contribution in [-0.2, 0) is 11.3 Å². The van der Waals surface area contributed by atoms with E-state index in [9.17, 15) is 14.0 Å². The Morgan fingerprint density at radius 3 is 2.74 bits per heavy atom. The van der Waals surface area contributed by atoms with Gasteiger partial charge in [0.1, 0.15) is 5.82 Å². The number of halogens is 1. The SMILES string of the molecule is CC(=O)Nc1ccc(F)c(NC(=O)NCc2cccnc2-n2cccn2)c1. The Balaban J connectivity index is 1.67. The molecule has 0 atom stereocenters. The van der Waals surface area contributed by atoms with Crippen molar-refractivity contribution in [3.05, 3.63) is 66.4 Å². The van der Waals surface area contributed by atoms with Gasteiger partial charge in [0.05, 0.1) is 5.69 Å². The van der Waals surface area contributed by atoms with E-state index in [-0.39, 0.29) is 18.1 Å². The number of nitrogens with zero attached hydrogens (tertiary/aromatic N) is 3. The van der Waals surface area contributed by atoms with Crippen LogP contribution >= 0.6 is 0 Å². The highest BCUT2D eigenvalue weighted by atomic mass is 19.1. The number of urea groups is 1. The Morgan fingerprint density at radius 2 is 2.00 bits per heavy atom. The van der Waals surface area contributed by atoms with Gasteiger partial charge in [0, 0.05) is 43.3 Å². The minimum atomic E-state index is -0.613. The number of amides is 3. The van der Waals surface area contributed by atoms with Crippen LogP contribution in [-0.4, -0.2) is 26.7 Å². The highest BCUT2D eigenvalue weighted by Crippen LogP contribution is 2.19. The van der Waals surface area contributed by atoms with Gasteiger partial charge in [0.2, 0.25) is 5.91 Å². The number of carbonyl (C=O) groups excluding carboxylic acids is 2. The van der Waals surface area contributed by atoms with Gasteiger partial charge in [-0.2, -0.15) is 5.10 Å². The zero-order valence-corrected chi connectivity index (χ0v) is 14.4. The summed E-state index contributed by atoms with van der Waals surface area (Å²) in [5.41, 5.74) is 1.08. The van der Waals surface area contributed by atoms with Crippen LogP contribution in [0.15, 0.2) is 55.0 Å². The zero-order chi connectivity index (χ0) is 19.2. The van der Waals surface area contributed by atoms with Crippen LogP contribution in [0.25, 0.3) is 5.82 Å². The van der Waals surface area contributed by atoms with Gasteiger partial charge < -0.3 is 16.0 Å². The quantitative estimate of drug-likeness (QED) is 0.644. The maximum Gasteiger partial charge on any atom is 0.319 e. The van der Waals surface area contributed by atoms with E-state index >= 15 is 0 Å². The molecular weight excluding hydrogens is 351 g/mol. The van der Waals surface area contributed by atoms with Gasteiger partial charge in [0.15, 0.2) is 5.82 Å². The molecule has 0 saturated carbocycles. The average Bonchev–Trinajstić information content (AvgIpc) is 3.17. The molecule has 1 aromatic carbocycles. The predicted octanol–water partition coefficient (Wildman–Crippen LogP) is 2.69. The number of carbonyl (C=O) groups is 2. The van der Waals surface area contributed by atoms with Gasteiger partial charge in [-0.05, 0) is 30.3 Å². The summed E-state index contributed by atoms with van der Waals surface area (Å²) in [6.45, 7) is 1.51. The summed E-state index contributed by atoms with van der Waals surface area (Å²) in [6.07, 6.45) is 5.00. The molecule has 0 saturated heterocycles. The predicted molar refractivity (Wildman–Crippen MR) is 97.9 cm³/mol. The van der Waals surface area contributed by atoms with Gasteiger partial charge >= 0.3 is 6.03 Å². The third-order valence-corrected chi connectivity index (χ3v) is 3.56. The van der Waals surface area contributed by atoms with Crippen molar-refractivity contribution >= 4 is 23.3 Å². The first-order valence-electron chi connectivity index (χ1n) is 8.09. The fourth-order valence-electron chi connectivity index (χ4n) is 2.41. The van der Waals surface area contributed by atoms with Crippen LogP contribution in [0.4, 0.5) is 20.6 Å². The molecule has 3 amide bonds. The first-order valence-corrected chi connectivity index (χ1v) is 8.09. The van der Waals surface area contributed by atoms with Crippen LogP contribution in [0.2, 0.25) is 0 Å². The van der Waals surface area contributed by atoms with Crippen LogP contribution in [0.1, 0.15) is 12.5 Å². The molecule has 0 fully saturated rings. The number of nitrogens with one attached hydrogen (secondary N) is 3. The number of anilines is 2. The molecular formula is C18H17FN6O2. The van der Waals surface area contributed by atoms with E-state index < -0.39 is 11.8 Å². The summed E-state index contributed by atoms with van der Waals surface area (Å²) in [5, 5.41) is 11.7. The molecule has 0 bridgehead atoms. The molecule has 0 radical (unpaired) electrons. The van der Waals surface area contributed by atoms with E-state index in [0.29, 0.717) is 11.5 Å². The van der Waals surface area contributed by atoms with E-state index in [1.54, 1.807) is 35.4 Å². The lowest BCUT2D eigenvalue weighted by Gasteiger charge is -2.12. The Hall–Kier alpha value is -3.75. The van der Waals surface area contributed by atoms with Gasteiger partial charge in [-0.25, -0.2) is 18.9 Å². The van der Waals surface area contributed by atoms with E-state index in [1.165, 1.54) is 19.1 Å². The summed E-state index contributed by atoms with van der Waals surface area (Å²) in [7, 11) is 0. The van der Waals surface area contributed by atoms with Gasteiger partial charge in [0.25, 0.3) is 0 Å². The second kappa shape index (κ2) is 8.09. The average molecular weight is 368 g/mol. The molecule has 2 heterocycles. The summed E-state index contributed by atoms with van der Waals surface area (Å²) in [5.74, 6) is -0.320. The smallest absolute Gasteiger partial charge is 0.319 e. The lowest BCUT2D eigenvalue weighted by molar-refractivity contribution is -0.114. The van der Waals surface area contributed by atoms with Crippen molar-refractivity contribution in [2.24, 2.45) is 0 Å². The second-order valence-corrected chi connectivity index (χ2v) is 5.62. The summed E-state index contributed by atoms with van der Waals surface area (Å²) in [6, 6.07) is 8.65. The van der Waals surface area contributed by atoms with E-state index in [2.05, 4.69) is 26.0 Å². The molecule has 0 unspecified atom stereocenters. The number of rotatable bonds is 5. The first-order chi connectivity index (χ1) is 13.0. The summed E-state index contributed by atoms with van der Waals surface area (Å²) >= 11 is 0. The van der Waals surface area contributed by atoms with Crippen LogP contribution in [0, 0.1) is 5.82 Å².